The molecule has 1 atom stereocenters. The summed E-state index contributed by atoms with van der Waals surface area (Å²) in [5, 5.41) is 2.81. The number of nitrogens with two attached hydrogens (primary N) is 1. The number of nitrogens with zero attached hydrogens (tertiary/aromatic N) is 1. The Labute approximate surface area is 123 Å². The molecule has 0 spiro atoms. The Bertz CT molecular complexity index is 610. The summed E-state index contributed by atoms with van der Waals surface area (Å²) < 4.78 is 10.8. The lowest BCUT2D eigenvalue weighted by Gasteiger charge is -2.11. The Hall–Kier alpha value is -2.50. The van der Waals surface area contributed by atoms with E-state index < -0.39 is 0 Å². The molecular weight excluding hydrogens is 270 g/mol. The zero-order valence-electron chi connectivity index (χ0n) is 12.1. The van der Waals surface area contributed by atoms with E-state index in [-0.39, 0.29) is 25.0 Å². The second kappa shape index (κ2) is 6.78. The molecule has 0 aliphatic heterocycles. The highest BCUT2D eigenvalue weighted by Gasteiger charge is 2.14. The smallest absolute Gasteiger partial charge is 0.224 e. The van der Waals surface area contributed by atoms with Crippen molar-refractivity contribution in [2.24, 2.45) is 0 Å². The van der Waals surface area contributed by atoms with Gasteiger partial charge in [0.15, 0.2) is 0 Å². The molecule has 2 rings (SSSR count). The number of aryl methyl sites for hydroxylation is 1. The molecule has 1 aromatic heterocycles. The molecule has 0 saturated carbocycles. The van der Waals surface area contributed by atoms with Crippen molar-refractivity contribution in [2.45, 2.75) is 26.3 Å². The number of ether oxygens (including phenoxy) is 1. The third-order valence-corrected chi connectivity index (χ3v) is 2.84. The SMILES string of the molecule is Cc1cnc(C(C)NC(=O)CCOc2cccc(N)c2)o1. The highest BCUT2D eigenvalue weighted by atomic mass is 16.5. The summed E-state index contributed by atoms with van der Waals surface area (Å²) in [6.07, 6.45) is 1.87. The molecule has 3 N–H and O–H groups in total. The van der Waals surface area contributed by atoms with Crippen LogP contribution in [0.15, 0.2) is 34.9 Å². The number of oxazole rings is 1. The standard InChI is InChI=1S/C15H19N3O3/c1-10-9-17-15(21-10)11(2)18-14(19)6-7-20-13-5-3-4-12(16)8-13/h3-5,8-9,11H,6-7,16H2,1-2H3,(H,18,19). The fraction of sp³-hybridized carbons (Fsp3) is 0.333. The summed E-state index contributed by atoms with van der Waals surface area (Å²) in [5.74, 6) is 1.75. The van der Waals surface area contributed by atoms with Crippen LogP contribution >= 0.6 is 0 Å². The number of anilines is 1. The second-order valence-electron chi connectivity index (χ2n) is 4.77. The summed E-state index contributed by atoms with van der Waals surface area (Å²) in [7, 11) is 0. The van der Waals surface area contributed by atoms with Gasteiger partial charge in [-0.1, -0.05) is 6.07 Å². The molecule has 6 nitrogen and oxygen atoms in total. The number of aromatic nitrogens is 1. The fourth-order valence-corrected chi connectivity index (χ4v) is 1.81. The number of carbonyl (C=O) groups excluding carboxylic acids is 1. The van der Waals surface area contributed by atoms with Gasteiger partial charge in [-0.05, 0) is 26.0 Å². The molecule has 1 aromatic carbocycles. The van der Waals surface area contributed by atoms with Crippen molar-refractivity contribution in [3.05, 3.63) is 42.1 Å². The second-order valence-corrected chi connectivity index (χ2v) is 4.77. The van der Waals surface area contributed by atoms with E-state index in [0.29, 0.717) is 17.3 Å². The Morgan fingerprint density at radius 3 is 3.00 bits per heavy atom. The van der Waals surface area contributed by atoms with Gasteiger partial charge in [0.2, 0.25) is 11.8 Å². The topological polar surface area (TPSA) is 90.4 Å². The van der Waals surface area contributed by atoms with Crippen molar-refractivity contribution < 1.29 is 13.9 Å². The predicted octanol–water partition coefficient (Wildman–Crippen LogP) is 2.21. The van der Waals surface area contributed by atoms with Crippen LogP contribution in [0.2, 0.25) is 0 Å². The van der Waals surface area contributed by atoms with Gasteiger partial charge >= 0.3 is 0 Å². The number of nitrogen functional groups attached to an aromatic ring is 1. The maximum atomic E-state index is 11.8. The number of carbonyl (C=O) groups is 1. The Kier molecular flexibility index (Phi) is 4.81. The molecule has 0 aliphatic carbocycles. The highest BCUT2D eigenvalue weighted by Crippen LogP contribution is 2.15. The maximum absolute atomic E-state index is 11.8. The minimum absolute atomic E-state index is 0.123. The average molecular weight is 289 g/mol. The first-order chi connectivity index (χ1) is 10.0. The Balaban J connectivity index is 1.75. The lowest BCUT2D eigenvalue weighted by Crippen LogP contribution is -2.28. The van der Waals surface area contributed by atoms with Gasteiger partial charge in [0.05, 0.1) is 19.2 Å². The van der Waals surface area contributed by atoms with Crippen molar-refractivity contribution in [1.82, 2.24) is 10.3 Å². The first-order valence-electron chi connectivity index (χ1n) is 6.74. The Morgan fingerprint density at radius 1 is 1.52 bits per heavy atom. The lowest BCUT2D eigenvalue weighted by molar-refractivity contribution is -0.122. The van der Waals surface area contributed by atoms with E-state index in [2.05, 4.69) is 10.3 Å². The molecule has 0 bridgehead atoms. The van der Waals surface area contributed by atoms with Gasteiger partial charge in [-0.2, -0.15) is 0 Å². The molecule has 0 radical (unpaired) electrons. The van der Waals surface area contributed by atoms with Crippen molar-refractivity contribution in [3.63, 3.8) is 0 Å². The molecule has 0 fully saturated rings. The minimum Gasteiger partial charge on any atom is -0.493 e. The largest absolute Gasteiger partial charge is 0.493 e. The monoisotopic (exact) mass is 289 g/mol. The van der Waals surface area contributed by atoms with Gasteiger partial charge in [0.1, 0.15) is 17.6 Å². The molecule has 21 heavy (non-hydrogen) atoms. The highest BCUT2D eigenvalue weighted by molar-refractivity contribution is 5.76. The fourth-order valence-electron chi connectivity index (χ4n) is 1.81. The van der Waals surface area contributed by atoms with Crippen LogP contribution in [0.3, 0.4) is 0 Å². The van der Waals surface area contributed by atoms with E-state index in [9.17, 15) is 4.79 Å². The van der Waals surface area contributed by atoms with Crippen molar-refractivity contribution in [1.29, 1.82) is 0 Å². The van der Waals surface area contributed by atoms with Crippen LogP contribution in [0, 0.1) is 6.92 Å². The number of nitrogens with one attached hydrogen (secondary N) is 1. The molecule has 6 heteroatoms. The van der Waals surface area contributed by atoms with Gasteiger partial charge in [-0.15, -0.1) is 0 Å². The van der Waals surface area contributed by atoms with Crippen LogP contribution in [0.4, 0.5) is 5.69 Å². The number of benzene rings is 1. The maximum Gasteiger partial charge on any atom is 0.224 e. The summed E-state index contributed by atoms with van der Waals surface area (Å²) in [5.41, 5.74) is 6.28. The molecule has 1 unspecified atom stereocenters. The van der Waals surface area contributed by atoms with Crippen LogP contribution in [0.5, 0.6) is 5.75 Å². The molecule has 0 saturated heterocycles. The van der Waals surface area contributed by atoms with E-state index in [0.717, 1.165) is 5.76 Å². The summed E-state index contributed by atoms with van der Waals surface area (Å²) in [6.45, 7) is 3.92. The third-order valence-electron chi connectivity index (χ3n) is 2.84. The van der Waals surface area contributed by atoms with Crippen molar-refractivity contribution in [2.75, 3.05) is 12.3 Å². The van der Waals surface area contributed by atoms with E-state index in [1.165, 1.54) is 0 Å². The molecule has 2 aromatic rings. The summed E-state index contributed by atoms with van der Waals surface area (Å²) in [6, 6.07) is 6.83. The summed E-state index contributed by atoms with van der Waals surface area (Å²) in [4.78, 5) is 15.9. The molecular formula is C15H19N3O3. The van der Waals surface area contributed by atoms with Gasteiger partial charge in [0, 0.05) is 11.8 Å². The first kappa shape index (κ1) is 14.9. The first-order valence-corrected chi connectivity index (χ1v) is 6.74. The van der Waals surface area contributed by atoms with E-state index >= 15 is 0 Å². The van der Waals surface area contributed by atoms with Gasteiger partial charge in [0.25, 0.3) is 0 Å². The zero-order valence-corrected chi connectivity index (χ0v) is 12.1. The molecule has 1 heterocycles. The predicted molar refractivity (Wildman–Crippen MR) is 78.8 cm³/mol. The number of hydrogen-bond donors (Lipinski definition) is 2. The molecule has 0 aliphatic rings. The van der Waals surface area contributed by atoms with Crippen LogP contribution in [0.25, 0.3) is 0 Å². The van der Waals surface area contributed by atoms with Crippen molar-refractivity contribution >= 4 is 11.6 Å². The number of amides is 1. The van der Waals surface area contributed by atoms with Crippen molar-refractivity contribution in [3.8, 4) is 5.75 Å². The third kappa shape index (κ3) is 4.52. The summed E-state index contributed by atoms with van der Waals surface area (Å²) >= 11 is 0. The van der Waals surface area contributed by atoms with Gasteiger partial charge in [-0.25, -0.2) is 4.98 Å². The quantitative estimate of drug-likeness (QED) is 0.796. The van der Waals surface area contributed by atoms with Crippen LogP contribution < -0.4 is 15.8 Å². The number of rotatable bonds is 6. The average Bonchev–Trinajstić information content (AvgIpc) is 2.85. The van der Waals surface area contributed by atoms with Crippen LogP contribution in [-0.4, -0.2) is 17.5 Å². The molecule has 112 valence electrons. The van der Waals surface area contributed by atoms with Crippen LogP contribution in [-0.2, 0) is 4.79 Å². The zero-order chi connectivity index (χ0) is 15.2. The number of hydrogen-bond acceptors (Lipinski definition) is 5. The Morgan fingerprint density at radius 2 is 2.33 bits per heavy atom. The van der Waals surface area contributed by atoms with E-state index in [1.54, 1.807) is 30.5 Å². The minimum atomic E-state index is -0.265. The van der Waals surface area contributed by atoms with Gasteiger partial charge in [-0.3, -0.25) is 4.79 Å². The van der Waals surface area contributed by atoms with Gasteiger partial charge < -0.3 is 20.2 Å². The normalized spacial score (nSPS) is 11.9. The van der Waals surface area contributed by atoms with E-state index in [1.807, 2.05) is 13.8 Å². The lowest BCUT2D eigenvalue weighted by atomic mass is 10.3. The van der Waals surface area contributed by atoms with Crippen LogP contribution in [0.1, 0.15) is 31.0 Å². The van der Waals surface area contributed by atoms with E-state index in [4.69, 9.17) is 14.9 Å². The molecule has 1 amide bonds.